The highest BCUT2D eigenvalue weighted by Crippen LogP contribution is 2.18. The van der Waals surface area contributed by atoms with Crippen molar-refractivity contribution < 1.29 is 4.79 Å². The number of amides is 1. The first-order valence-corrected chi connectivity index (χ1v) is 25.6. The van der Waals surface area contributed by atoms with E-state index in [9.17, 15) is 4.79 Å². The molecule has 0 rings (SSSR count). The molecule has 0 aromatic rings. The summed E-state index contributed by atoms with van der Waals surface area (Å²) < 4.78 is 0. The zero-order valence-electron chi connectivity index (χ0n) is 37.1. The first-order valence-electron chi connectivity index (χ1n) is 25.6. The fourth-order valence-corrected chi connectivity index (χ4v) is 8.50. The van der Waals surface area contributed by atoms with E-state index in [4.69, 9.17) is 5.73 Å². The van der Waals surface area contributed by atoms with E-state index in [0.29, 0.717) is 6.42 Å². The SMILES string of the molecule is CCCCCCCCCCCCCCCCCCCCCCCCCCCCCCCCCCCCCCCCCCCCCCCCCCC(N)=O. The van der Waals surface area contributed by atoms with E-state index in [0.717, 1.165) is 6.42 Å². The normalized spacial score (nSPS) is 11.6. The molecule has 0 aromatic carbocycles. The largest absolute Gasteiger partial charge is 0.370 e. The summed E-state index contributed by atoms with van der Waals surface area (Å²) in [6, 6.07) is 0. The number of carbonyl (C=O) groups is 1. The van der Waals surface area contributed by atoms with Crippen LogP contribution in [0.5, 0.6) is 0 Å². The number of primary amides is 1. The van der Waals surface area contributed by atoms with Gasteiger partial charge in [0.1, 0.15) is 0 Å². The number of unbranched alkanes of at least 4 members (excludes halogenated alkanes) is 47. The lowest BCUT2D eigenvalue weighted by atomic mass is 10.0. The van der Waals surface area contributed by atoms with E-state index in [1.807, 2.05) is 0 Å². The molecule has 0 bridgehead atoms. The van der Waals surface area contributed by atoms with Gasteiger partial charge >= 0.3 is 0 Å². The highest BCUT2D eigenvalue weighted by atomic mass is 16.1. The van der Waals surface area contributed by atoms with Gasteiger partial charge in [-0.2, -0.15) is 0 Å². The lowest BCUT2D eigenvalue weighted by molar-refractivity contribution is -0.118. The van der Waals surface area contributed by atoms with Crippen molar-refractivity contribution in [1.29, 1.82) is 0 Å². The Morgan fingerprint density at radius 1 is 0.226 bits per heavy atom. The molecule has 0 heterocycles. The van der Waals surface area contributed by atoms with Gasteiger partial charge in [-0.3, -0.25) is 4.79 Å². The summed E-state index contributed by atoms with van der Waals surface area (Å²) in [5.74, 6) is -0.146. The van der Waals surface area contributed by atoms with Crippen LogP contribution in [-0.4, -0.2) is 5.91 Å². The van der Waals surface area contributed by atoms with Crippen molar-refractivity contribution in [2.45, 2.75) is 322 Å². The lowest BCUT2D eigenvalue weighted by Crippen LogP contribution is -2.09. The Kier molecular flexibility index (Phi) is 49.0. The maximum Gasteiger partial charge on any atom is 0.217 e. The molecular formula is C51H103NO. The average Bonchev–Trinajstić information content (AvgIpc) is 3.15. The molecule has 0 fully saturated rings. The van der Waals surface area contributed by atoms with Crippen molar-refractivity contribution in [3.63, 3.8) is 0 Å². The number of nitrogens with two attached hydrogens (primary N) is 1. The second-order valence-electron chi connectivity index (χ2n) is 17.8. The van der Waals surface area contributed by atoms with Gasteiger partial charge in [0.15, 0.2) is 0 Å². The van der Waals surface area contributed by atoms with E-state index in [1.54, 1.807) is 0 Å². The molecule has 0 atom stereocenters. The standard InChI is InChI=1S/C51H103NO/c1-2-3-4-5-6-7-8-9-10-11-12-13-14-15-16-17-18-19-20-21-22-23-24-25-26-27-28-29-30-31-32-33-34-35-36-37-38-39-40-41-42-43-44-45-46-47-48-49-50-51(52)53/h2-50H2,1H3,(H2,52,53). The summed E-state index contributed by atoms with van der Waals surface area (Å²) in [5, 5.41) is 0. The lowest BCUT2D eigenvalue weighted by Gasteiger charge is -2.05. The summed E-state index contributed by atoms with van der Waals surface area (Å²) in [6.07, 6.45) is 70.1. The molecule has 318 valence electrons. The highest BCUT2D eigenvalue weighted by Gasteiger charge is 1.99. The Balaban J connectivity index is 3.05. The third-order valence-corrected chi connectivity index (χ3v) is 12.3. The van der Waals surface area contributed by atoms with Crippen molar-refractivity contribution in [3.05, 3.63) is 0 Å². The summed E-state index contributed by atoms with van der Waals surface area (Å²) in [7, 11) is 0. The molecule has 53 heavy (non-hydrogen) atoms. The second kappa shape index (κ2) is 49.5. The number of hydrogen-bond acceptors (Lipinski definition) is 1. The summed E-state index contributed by atoms with van der Waals surface area (Å²) in [4.78, 5) is 10.7. The third kappa shape index (κ3) is 51.5. The van der Waals surface area contributed by atoms with Gasteiger partial charge in [0.05, 0.1) is 0 Å². The van der Waals surface area contributed by atoms with Gasteiger partial charge in [-0.05, 0) is 6.42 Å². The first-order chi connectivity index (χ1) is 26.3. The van der Waals surface area contributed by atoms with E-state index in [-0.39, 0.29) is 5.91 Å². The zero-order chi connectivity index (χ0) is 38.2. The predicted octanol–water partition coefficient (Wildman–Crippen LogP) is 18.6. The zero-order valence-corrected chi connectivity index (χ0v) is 37.1. The summed E-state index contributed by atoms with van der Waals surface area (Å²) >= 11 is 0. The smallest absolute Gasteiger partial charge is 0.217 e. The van der Waals surface area contributed by atoms with Gasteiger partial charge in [-0.25, -0.2) is 0 Å². The van der Waals surface area contributed by atoms with Gasteiger partial charge in [0.25, 0.3) is 0 Å². The van der Waals surface area contributed by atoms with Crippen molar-refractivity contribution in [3.8, 4) is 0 Å². The van der Waals surface area contributed by atoms with E-state index < -0.39 is 0 Å². The van der Waals surface area contributed by atoms with Gasteiger partial charge in [0.2, 0.25) is 5.91 Å². The molecule has 0 unspecified atom stereocenters. The van der Waals surface area contributed by atoms with Crippen LogP contribution in [0.2, 0.25) is 0 Å². The number of rotatable bonds is 49. The molecule has 0 saturated carbocycles. The highest BCUT2D eigenvalue weighted by molar-refractivity contribution is 5.73. The fourth-order valence-electron chi connectivity index (χ4n) is 8.50. The Morgan fingerprint density at radius 3 is 0.453 bits per heavy atom. The second-order valence-corrected chi connectivity index (χ2v) is 17.8. The molecule has 0 aromatic heterocycles. The summed E-state index contributed by atoms with van der Waals surface area (Å²) in [5.41, 5.74) is 5.19. The maximum absolute atomic E-state index is 10.7. The molecule has 2 N–H and O–H groups in total. The predicted molar refractivity (Wildman–Crippen MR) is 241 cm³/mol. The van der Waals surface area contributed by atoms with E-state index in [1.165, 1.54) is 302 Å². The van der Waals surface area contributed by atoms with E-state index >= 15 is 0 Å². The van der Waals surface area contributed by atoms with Crippen LogP contribution in [0.1, 0.15) is 322 Å². The van der Waals surface area contributed by atoms with Gasteiger partial charge in [0, 0.05) is 6.42 Å². The van der Waals surface area contributed by atoms with Crippen LogP contribution in [0.15, 0.2) is 0 Å². The van der Waals surface area contributed by atoms with Gasteiger partial charge in [-0.1, -0.05) is 309 Å². The molecule has 1 amide bonds. The third-order valence-electron chi connectivity index (χ3n) is 12.3. The average molecular weight is 746 g/mol. The molecule has 0 saturated heterocycles. The Labute approximate surface area is 336 Å². The van der Waals surface area contributed by atoms with Crippen LogP contribution in [0.3, 0.4) is 0 Å². The number of carbonyl (C=O) groups excluding carboxylic acids is 1. The quantitative estimate of drug-likeness (QED) is 0.0619. The molecule has 2 heteroatoms. The molecule has 0 aliphatic rings. The number of hydrogen-bond donors (Lipinski definition) is 1. The molecule has 0 radical (unpaired) electrons. The topological polar surface area (TPSA) is 43.1 Å². The van der Waals surface area contributed by atoms with Crippen LogP contribution >= 0.6 is 0 Å². The monoisotopic (exact) mass is 746 g/mol. The minimum atomic E-state index is -0.146. The van der Waals surface area contributed by atoms with E-state index in [2.05, 4.69) is 6.92 Å². The van der Waals surface area contributed by atoms with Gasteiger partial charge in [-0.15, -0.1) is 0 Å². The Morgan fingerprint density at radius 2 is 0.340 bits per heavy atom. The maximum atomic E-state index is 10.7. The molecule has 0 aliphatic heterocycles. The summed E-state index contributed by atoms with van der Waals surface area (Å²) in [6.45, 7) is 2.31. The van der Waals surface area contributed by atoms with Gasteiger partial charge < -0.3 is 5.73 Å². The Bertz CT molecular complexity index is 646. The van der Waals surface area contributed by atoms with Crippen LogP contribution in [-0.2, 0) is 4.79 Å². The van der Waals surface area contributed by atoms with Crippen molar-refractivity contribution in [2.24, 2.45) is 5.73 Å². The minimum Gasteiger partial charge on any atom is -0.370 e. The van der Waals surface area contributed by atoms with Crippen molar-refractivity contribution in [1.82, 2.24) is 0 Å². The van der Waals surface area contributed by atoms with Crippen LogP contribution in [0.25, 0.3) is 0 Å². The van der Waals surface area contributed by atoms with Crippen LogP contribution in [0.4, 0.5) is 0 Å². The molecular weight excluding hydrogens is 643 g/mol. The molecule has 0 spiro atoms. The van der Waals surface area contributed by atoms with Crippen molar-refractivity contribution in [2.75, 3.05) is 0 Å². The van der Waals surface area contributed by atoms with Crippen molar-refractivity contribution >= 4 is 5.91 Å². The van der Waals surface area contributed by atoms with Crippen LogP contribution in [0, 0.1) is 0 Å². The molecule has 2 nitrogen and oxygen atoms in total. The first kappa shape index (κ1) is 52.5. The molecule has 0 aliphatic carbocycles. The Hall–Kier alpha value is -0.530. The fraction of sp³-hybridized carbons (Fsp3) is 0.980. The van der Waals surface area contributed by atoms with Crippen LogP contribution < -0.4 is 5.73 Å². The minimum absolute atomic E-state index is 0.146.